The third kappa shape index (κ3) is 38.5. The van der Waals surface area contributed by atoms with Gasteiger partial charge in [-0.25, -0.2) is 0 Å². The minimum absolute atomic E-state index is 0.0178. The zero-order chi connectivity index (χ0) is 100. The van der Waals surface area contributed by atoms with Gasteiger partial charge in [-0.2, -0.15) is 13.2 Å². The Morgan fingerprint density at radius 1 is 0.294 bits per heavy atom. The number of hydrogen-bond acceptors (Lipinski definition) is 0. The van der Waals surface area contributed by atoms with E-state index in [0.29, 0.717) is 11.3 Å². The van der Waals surface area contributed by atoms with Crippen molar-refractivity contribution in [2.75, 3.05) is 0 Å². The van der Waals surface area contributed by atoms with Crippen molar-refractivity contribution >= 4 is 0 Å². The lowest BCUT2D eigenvalue weighted by atomic mass is 9.73. The Labute approximate surface area is 784 Å². The van der Waals surface area contributed by atoms with E-state index in [-0.39, 0.29) is 55.6 Å². The van der Waals surface area contributed by atoms with Crippen LogP contribution < -0.4 is 0 Å². The molecular formula is C123H193F3. The molecule has 1 saturated carbocycles. The highest BCUT2D eigenvalue weighted by atomic mass is 19.4. The van der Waals surface area contributed by atoms with E-state index in [4.69, 9.17) is 5.48 Å². The van der Waals surface area contributed by atoms with E-state index in [9.17, 15) is 13.2 Å². The smallest absolute Gasteiger partial charge is 0.171 e. The van der Waals surface area contributed by atoms with Crippen molar-refractivity contribution in [1.29, 1.82) is 0 Å². The molecule has 126 heavy (non-hydrogen) atoms. The van der Waals surface area contributed by atoms with Crippen LogP contribution in [0.1, 0.15) is 503 Å². The molecule has 9 rings (SSSR count). The van der Waals surface area contributed by atoms with Crippen LogP contribution in [0.3, 0.4) is 0 Å². The molecule has 8 aromatic rings. The first kappa shape index (κ1) is 108. The maximum Gasteiger partial charge on any atom is 0.394 e. The molecule has 0 aromatic heterocycles. The molecule has 0 bridgehead atoms. The fourth-order valence-corrected chi connectivity index (χ4v) is 17.8. The molecule has 0 unspecified atom stereocenters. The largest absolute Gasteiger partial charge is 0.394 e. The van der Waals surface area contributed by atoms with Crippen LogP contribution >= 0.6 is 0 Å². The normalized spacial score (nSPS) is 14.3. The molecule has 8 aromatic carbocycles. The zero-order valence-corrected chi connectivity index (χ0v) is 89.1. The highest BCUT2D eigenvalue weighted by Gasteiger charge is 2.47. The van der Waals surface area contributed by atoms with Crippen molar-refractivity contribution in [3.05, 3.63) is 283 Å². The quantitative estimate of drug-likeness (QED) is 0.0757. The Morgan fingerprint density at radius 3 is 0.889 bits per heavy atom. The minimum Gasteiger partial charge on any atom is -0.171 e. The summed E-state index contributed by atoms with van der Waals surface area (Å²) in [7, 11) is 0. The van der Waals surface area contributed by atoms with Gasteiger partial charge in [-0.3, -0.25) is 0 Å². The zero-order valence-electron chi connectivity index (χ0n) is 93.1. The van der Waals surface area contributed by atoms with Crippen LogP contribution in [0.4, 0.5) is 13.2 Å². The van der Waals surface area contributed by atoms with Crippen LogP contribution in [0, 0.1) is 16.7 Å². The first-order valence-electron chi connectivity index (χ1n) is 51.2. The number of alkyl halides is 3. The molecule has 0 aliphatic heterocycles. The molecule has 0 saturated heterocycles. The maximum absolute atomic E-state index is 12.9. The van der Waals surface area contributed by atoms with Crippen molar-refractivity contribution in [2.24, 2.45) is 16.7 Å². The Morgan fingerprint density at radius 2 is 0.571 bits per heavy atom. The third-order valence-corrected chi connectivity index (χ3v) is 24.6. The molecule has 1 aliphatic rings. The van der Waals surface area contributed by atoms with E-state index < -0.39 is 29.3 Å². The highest BCUT2D eigenvalue weighted by molar-refractivity contribution is 5.45. The van der Waals surface area contributed by atoms with E-state index in [1.807, 2.05) is 32.9 Å². The van der Waals surface area contributed by atoms with Crippen LogP contribution in [-0.2, 0) is 62.6 Å². The van der Waals surface area contributed by atoms with Crippen molar-refractivity contribution in [2.45, 2.75) is 472 Å². The van der Waals surface area contributed by atoms with Crippen molar-refractivity contribution in [1.82, 2.24) is 0 Å². The predicted molar refractivity (Wildman–Crippen MR) is 560 cm³/mol. The fraction of sp³-hybridized carbons (Fsp3) is 0.610. The van der Waals surface area contributed by atoms with Gasteiger partial charge < -0.3 is 0 Å². The van der Waals surface area contributed by atoms with Crippen LogP contribution in [0.2, 0.25) is 0 Å². The number of hydrogen-bond donors (Lipinski definition) is 0. The summed E-state index contributed by atoms with van der Waals surface area (Å²) in [5, 5.41) is 0. The molecule has 0 atom stereocenters. The van der Waals surface area contributed by atoms with E-state index >= 15 is 0 Å². The Bertz CT molecular complexity index is 4530. The summed E-state index contributed by atoms with van der Waals surface area (Å²) in [6.07, 6.45) is 11.4. The molecule has 1 fully saturated rings. The SMILES string of the molecule is CC(C)(C)Cc1ccccc1C(C)(C)C.CC(C)(C)c1ccccc1CC(C)(C)C(F)(F)F.CC(C)Cc1ccccc1C(C)(C)C.CC(C)c1ccccc1C(C)(C)C.CCC(CC)c1ccccc1C(C)(C)C.[2H]C(CC)(CC)c1cccc(C([2H])(CC)CC)c1C(C)(C)C.[2H]C(CC)(CC)c1ccccc1C(C)(C)C.[2H]C1(c2ccccc2C(C)(C)C)CCCCC1. The molecular weight excluding hydrogens is 1530 g/mol. The summed E-state index contributed by atoms with van der Waals surface area (Å²) < 4.78 is 74.1. The second kappa shape index (κ2) is 51.4. The average molecular weight is 1730 g/mol. The number of rotatable bonds is 19. The van der Waals surface area contributed by atoms with Crippen LogP contribution in [0.15, 0.2) is 188 Å². The Hall–Kier alpha value is -6.45. The Balaban J connectivity index is 0.000000505. The van der Waals surface area contributed by atoms with Gasteiger partial charge in [0.15, 0.2) is 0 Å². The maximum atomic E-state index is 12.9. The lowest BCUT2D eigenvalue weighted by Crippen LogP contribution is -2.34. The monoisotopic (exact) mass is 1730 g/mol. The van der Waals surface area contributed by atoms with E-state index in [0.717, 1.165) is 91.9 Å². The van der Waals surface area contributed by atoms with Crippen LogP contribution in [0.25, 0.3) is 0 Å². The van der Waals surface area contributed by atoms with Gasteiger partial charge in [-0.05, 0) is 268 Å². The summed E-state index contributed by atoms with van der Waals surface area (Å²) in [5.41, 5.74) is 22.2. The predicted octanol–water partition coefficient (Wildman–Crippen LogP) is 39.6. The fourth-order valence-electron chi connectivity index (χ4n) is 17.8. The van der Waals surface area contributed by atoms with Crippen LogP contribution in [0.5, 0.6) is 0 Å². The summed E-state index contributed by atoms with van der Waals surface area (Å²) in [6.45, 7) is 89.2. The molecule has 706 valence electrons. The number of benzene rings is 8. The molecule has 0 heterocycles. The minimum atomic E-state index is -4.18. The van der Waals surface area contributed by atoms with Gasteiger partial charge in [-0.15, -0.1) is 0 Å². The second-order valence-corrected chi connectivity index (χ2v) is 46.6. The summed E-state index contributed by atoms with van der Waals surface area (Å²) in [6, 6.07) is 66.0. The first-order valence-corrected chi connectivity index (χ1v) is 49.2. The van der Waals surface area contributed by atoms with Crippen molar-refractivity contribution in [3.63, 3.8) is 0 Å². The first-order chi connectivity index (χ1) is 59.4. The molecule has 0 N–H and O–H groups in total. The molecule has 1 aliphatic carbocycles. The summed E-state index contributed by atoms with van der Waals surface area (Å²) in [5.74, 6) is 0.211. The topological polar surface area (TPSA) is 0 Å². The molecule has 3 heteroatoms. The van der Waals surface area contributed by atoms with E-state index in [1.165, 1.54) is 119 Å². The molecule has 0 amide bonds. The van der Waals surface area contributed by atoms with Crippen LogP contribution in [-0.4, -0.2) is 6.18 Å². The lowest BCUT2D eigenvalue weighted by molar-refractivity contribution is -0.211. The summed E-state index contributed by atoms with van der Waals surface area (Å²) >= 11 is 0. The molecule has 0 nitrogen and oxygen atoms in total. The van der Waals surface area contributed by atoms with Gasteiger partial charge in [0.25, 0.3) is 0 Å². The second-order valence-electron chi connectivity index (χ2n) is 46.6. The van der Waals surface area contributed by atoms with Gasteiger partial charge in [0.1, 0.15) is 0 Å². The summed E-state index contributed by atoms with van der Waals surface area (Å²) in [4.78, 5) is 0. The third-order valence-electron chi connectivity index (χ3n) is 24.6. The number of halogens is 3. The van der Waals surface area contributed by atoms with E-state index in [1.54, 1.807) is 17.7 Å². The van der Waals surface area contributed by atoms with Crippen molar-refractivity contribution in [3.8, 4) is 0 Å². The molecule has 0 spiro atoms. The van der Waals surface area contributed by atoms with Gasteiger partial charge in [-0.1, -0.05) is 491 Å². The van der Waals surface area contributed by atoms with E-state index in [2.05, 4.69) is 413 Å². The van der Waals surface area contributed by atoms with Gasteiger partial charge in [0, 0.05) is 5.48 Å². The highest BCUT2D eigenvalue weighted by Crippen LogP contribution is 2.45. The standard InChI is InChI=1S/C20H34.C16H24.C15H21F3.3C15H24.C14H22.C13H20/c1-8-15(9-2)17-13-12-14-18(16(10-3)11-4)19(17)20(5,6)7;1-16(2,3)15-12-8-7-11-14(15)13-9-5-4-6-10-13;1-13(2,3)12-9-7-6-8-11(12)10-14(4,5)15(16,17)18;1-14(2,3)11-12-9-7-8-10-13(12)15(4,5)6;2*1-6-12(7-2)13-10-8-9-11-14(13)15(3,4)5;1-11(2)10-12-8-6-7-9-13(12)14(3,4)5;1-10(2)11-8-6-7-9-12(11)13(3,4)5/h12-16H,8-11H2,1-7H3;7-8,11-13H,4-6,9-10H2,1-3H3;6-9H,10H2,1-5H3;7-10H,11H2,1-6H3;2*8-12H,6-7H2,1-5H3;6-9,11H,10H2,1-5H3;6-10H,1-5H3/i15D,16D;13D;;;12D;;;. The Kier molecular flexibility index (Phi) is 44.2. The average Bonchev–Trinajstić information content (AvgIpc) is 0.748. The molecule has 0 radical (unpaired) electrons. The van der Waals surface area contributed by atoms with Gasteiger partial charge in [0.2, 0.25) is 0 Å². The van der Waals surface area contributed by atoms with Gasteiger partial charge >= 0.3 is 6.18 Å². The lowest BCUT2D eigenvalue weighted by Gasteiger charge is -2.32. The van der Waals surface area contributed by atoms with Crippen molar-refractivity contribution < 1.29 is 18.7 Å². The van der Waals surface area contributed by atoms with Gasteiger partial charge in [0.05, 0.1) is 5.41 Å².